The van der Waals surface area contributed by atoms with Gasteiger partial charge in [-0.05, 0) is 37.3 Å². The Balaban J connectivity index is 2.16. The van der Waals surface area contributed by atoms with Gasteiger partial charge in [0, 0.05) is 25.7 Å². The summed E-state index contributed by atoms with van der Waals surface area (Å²) in [6.07, 6.45) is 4.82. The zero-order valence-corrected chi connectivity index (χ0v) is 13.7. The van der Waals surface area contributed by atoms with Crippen molar-refractivity contribution in [2.24, 2.45) is 5.92 Å². The summed E-state index contributed by atoms with van der Waals surface area (Å²) in [6, 6.07) is 6.12. The maximum Gasteiger partial charge on any atom is 0.146 e. The predicted molar refractivity (Wildman–Crippen MR) is 88.2 cm³/mol. The summed E-state index contributed by atoms with van der Waals surface area (Å²) in [7, 11) is 0. The second-order valence-corrected chi connectivity index (χ2v) is 6.12. The first-order valence-corrected chi connectivity index (χ1v) is 8.45. The van der Waals surface area contributed by atoms with Gasteiger partial charge in [0.1, 0.15) is 5.82 Å². The van der Waals surface area contributed by atoms with Crippen LogP contribution in [0.25, 0.3) is 0 Å². The van der Waals surface area contributed by atoms with Crippen LogP contribution in [-0.2, 0) is 6.54 Å². The second kappa shape index (κ2) is 7.79. The number of anilines is 1. The molecule has 2 rings (SSSR count). The Kier molecular flexibility index (Phi) is 6.04. The van der Waals surface area contributed by atoms with Gasteiger partial charge in [0.15, 0.2) is 0 Å². The first-order chi connectivity index (χ1) is 10.2. The van der Waals surface area contributed by atoms with Crippen molar-refractivity contribution in [3.05, 3.63) is 29.6 Å². The fraction of sp³-hybridized carbons (Fsp3) is 0.667. The summed E-state index contributed by atoms with van der Waals surface area (Å²) >= 11 is 0. The monoisotopic (exact) mass is 292 g/mol. The number of nitrogens with one attached hydrogen (secondary N) is 1. The molecule has 0 heterocycles. The first-order valence-electron chi connectivity index (χ1n) is 8.45. The normalized spacial score (nSPS) is 14.7. The lowest BCUT2D eigenvalue weighted by Crippen LogP contribution is -2.31. The van der Waals surface area contributed by atoms with Crippen molar-refractivity contribution in [2.45, 2.75) is 59.0 Å². The molecule has 0 radical (unpaired) electrons. The zero-order chi connectivity index (χ0) is 15.2. The Morgan fingerprint density at radius 3 is 2.52 bits per heavy atom. The van der Waals surface area contributed by atoms with Gasteiger partial charge in [-0.15, -0.1) is 0 Å². The van der Waals surface area contributed by atoms with Crippen LogP contribution in [-0.4, -0.2) is 19.1 Å². The number of hydrogen-bond donors (Lipinski definition) is 1. The molecule has 0 atom stereocenters. The Morgan fingerprint density at radius 2 is 1.95 bits per heavy atom. The van der Waals surface area contributed by atoms with E-state index in [0.717, 1.165) is 43.7 Å². The standard InChI is InChI=1S/C18H29FN2/c1-4-14(5-2)13-21(6-3)18-15(8-7-9-17(18)19)12-20-16-10-11-16/h7-9,14,16,20H,4-6,10-13H2,1-3H3. The summed E-state index contributed by atoms with van der Waals surface area (Å²) < 4.78 is 14.4. The predicted octanol–water partition coefficient (Wildman–Crippen LogP) is 4.34. The number of nitrogens with zero attached hydrogens (tertiary/aromatic N) is 1. The highest BCUT2D eigenvalue weighted by molar-refractivity contribution is 5.55. The van der Waals surface area contributed by atoms with Crippen molar-refractivity contribution in [1.82, 2.24) is 5.32 Å². The molecule has 118 valence electrons. The van der Waals surface area contributed by atoms with Crippen LogP contribution in [0.4, 0.5) is 10.1 Å². The number of rotatable bonds is 9. The van der Waals surface area contributed by atoms with Crippen LogP contribution in [0.1, 0.15) is 52.0 Å². The van der Waals surface area contributed by atoms with Gasteiger partial charge in [-0.2, -0.15) is 0 Å². The van der Waals surface area contributed by atoms with E-state index in [0.29, 0.717) is 12.0 Å². The van der Waals surface area contributed by atoms with Crippen LogP contribution >= 0.6 is 0 Å². The average molecular weight is 292 g/mol. The van der Waals surface area contributed by atoms with Crippen molar-refractivity contribution in [3.63, 3.8) is 0 Å². The van der Waals surface area contributed by atoms with Crippen molar-refractivity contribution < 1.29 is 4.39 Å². The molecule has 1 aliphatic carbocycles. The van der Waals surface area contributed by atoms with Crippen molar-refractivity contribution in [3.8, 4) is 0 Å². The molecule has 1 saturated carbocycles. The summed E-state index contributed by atoms with van der Waals surface area (Å²) in [5.41, 5.74) is 1.90. The molecule has 0 amide bonds. The van der Waals surface area contributed by atoms with Gasteiger partial charge in [0.25, 0.3) is 0 Å². The second-order valence-electron chi connectivity index (χ2n) is 6.12. The number of para-hydroxylation sites is 1. The maximum absolute atomic E-state index is 14.4. The van der Waals surface area contributed by atoms with E-state index in [1.165, 1.54) is 12.8 Å². The lowest BCUT2D eigenvalue weighted by molar-refractivity contribution is 0.480. The third-order valence-electron chi connectivity index (χ3n) is 4.56. The Morgan fingerprint density at radius 1 is 1.24 bits per heavy atom. The quantitative estimate of drug-likeness (QED) is 0.728. The molecule has 1 aromatic rings. The van der Waals surface area contributed by atoms with Gasteiger partial charge in [-0.25, -0.2) is 4.39 Å². The van der Waals surface area contributed by atoms with E-state index in [9.17, 15) is 4.39 Å². The van der Waals surface area contributed by atoms with Crippen LogP contribution in [0.5, 0.6) is 0 Å². The Labute approximate surface area is 128 Å². The van der Waals surface area contributed by atoms with Gasteiger partial charge in [-0.1, -0.05) is 38.8 Å². The highest BCUT2D eigenvalue weighted by Crippen LogP contribution is 2.28. The van der Waals surface area contributed by atoms with E-state index in [-0.39, 0.29) is 5.82 Å². The Bertz CT molecular complexity index is 439. The van der Waals surface area contributed by atoms with Crippen molar-refractivity contribution in [2.75, 3.05) is 18.0 Å². The minimum absolute atomic E-state index is 0.0853. The van der Waals surface area contributed by atoms with Gasteiger partial charge in [-0.3, -0.25) is 0 Å². The van der Waals surface area contributed by atoms with E-state index in [2.05, 4.69) is 37.1 Å². The smallest absolute Gasteiger partial charge is 0.146 e. The lowest BCUT2D eigenvalue weighted by Gasteiger charge is -2.30. The summed E-state index contributed by atoms with van der Waals surface area (Å²) in [6.45, 7) is 9.14. The summed E-state index contributed by atoms with van der Waals surface area (Å²) in [5.74, 6) is 0.548. The van der Waals surface area contributed by atoms with Gasteiger partial charge < -0.3 is 10.2 Å². The third kappa shape index (κ3) is 4.44. The Hall–Kier alpha value is -1.09. The molecule has 0 aromatic heterocycles. The molecule has 1 aliphatic rings. The molecule has 0 unspecified atom stereocenters. The maximum atomic E-state index is 14.4. The topological polar surface area (TPSA) is 15.3 Å². The van der Waals surface area contributed by atoms with Crippen LogP contribution in [0.3, 0.4) is 0 Å². The van der Waals surface area contributed by atoms with E-state index < -0.39 is 0 Å². The lowest BCUT2D eigenvalue weighted by atomic mass is 10.0. The van der Waals surface area contributed by atoms with Crippen LogP contribution in [0.2, 0.25) is 0 Å². The fourth-order valence-electron chi connectivity index (χ4n) is 2.84. The zero-order valence-electron chi connectivity index (χ0n) is 13.7. The number of benzene rings is 1. The summed E-state index contributed by atoms with van der Waals surface area (Å²) in [5, 5.41) is 3.51. The molecule has 0 saturated heterocycles. The molecule has 2 nitrogen and oxygen atoms in total. The van der Waals surface area contributed by atoms with Gasteiger partial charge in [0.2, 0.25) is 0 Å². The highest BCUT2D eigenvalue weighted by atomic mass is 19.1. The van der Waals surface area contributed by atoms with E-state index in [1.807, 2.05) is 6.07 Å². The van der Waals surface area contributed by atoms with Crippen molar-refractivity contribution in [1.29, 1.82) is 0 Å². The fourth-order valence-corrected chi connectivity index (χ4v) is 2.84. The molecule has 1 N–H and O–H groups in total. The molecule has 3 heteroatoms. The van der Waals surface area contributed by atoms with Crippen molar-refractivity contribution >= 4 is 5.69 Å². The molecule has 0 aliphatic heterocycles. The molecular weight excluding hydrogens is 263 g/mol. The van der Waals surface area contributed by atoms with E-state index >= 15 is 0 Å². The van der Waals surface area contributed by atoms with Crippen LogP contribution in [0.15, 0.2) is 18.2 Å². The van der Waals surface area contributed by atoms with Gasteiger partial charge >= 0.3 is 0 Å². The van der Waals surface area contributed by atoms with Gasteiger partial charge in [0.05, 0.1) is 5.69 Å². The molecule has 1 fully saturated rings. The number of halogens is 1. The van der Waals surface area contributed by atoms with Crippen LogP contribution in [0, 0.1) is 11.7 Å². The molecule has 21 heavy (non-hydrogen) atoms. The molecule has 0 spiro atoms. The molecule has 0 bridgehead atoms. The summed E-state index contributed by atoms with van der Waals surface area (Å²) in [4.78, 5) is 2.22. The first kappa shape index (κ1) is 16.3. The molecular formula is C18H29FN2. The minimum atomic E-state index is -0.0853. The van der Waals surface area contributed by atoms with Crippen LogP contribution < -0.4 is 10.2 Å². The van der Waals surface area contributed by atoms with E-state index in [1.54, 1.807) is 6.07 Å². The largest absolute Gasteiger partial charge is 0.369 e. The number of hydrogen-bond acceptors (Lipinski definition) is 2. The average Bonchev–Trinajstić information content (AvgIpc) is 3.32. The van der Waals surface area contributed by atoms with E-state index in [4.69, 9.17) is 0 Å². The SMILES string of the molecule is CCC(CC)CN(CC)c1c(F)cccc1CNC1CC1. The highest BCUT2D eigenvalue weighted by Gasteiger charge is 2.22. The third-order valence-corrected chi connectivity index (χ3v) is 4.56. The minimum Gasteiger partial charge on any atom is -0.369 e. The molecule has 1 aromatic carbocycles.